The maximum absolute atomic E-state index is 13.4. The van der Waals surface area contributed by atoms with E-state index in [1.165, 1.54) is 0 Å². The number of anilines is 2. The first-order valence-corrected chi connectivity index (χ1v) is 9.35. The highest BCUT2D eigenvalue weighted by Crippen LogP contribution is 2.37. The van der Waals surface area contributed by atoms with E-state index in [2.05, 4.69) is 12.2 Å². The Morgan fingerprint density at radius 3 is 1.80 bits per heavy atom. The predicted molar refractivity (Wildman–Crippen MR) is 107 cm³/mol. The summed E-state index contributed by atoms with van der Waals surface area (Å²) in [5.41, 5.74) is 4.56. The molecule has 0 spiro atoms. The zero-order valence-corrected chi connectivity index (χ0v) is 14.7. The minimum atomic E-state index is -0.0174. The summed E-state index contributed by atoms with van der Waals surface area (Å²) in [4.78, 5) is 16.3. The Morgan fingerprint density at radius 1 is 0.760 bits per heavy atom. The van der Waals surface area contributed by atoms with E-state index in [0.717, 1.165) is 27.4 Å². The molecule has 1 aliphatic heterocycles. The molecule has 1 amide bonds. The van der Waals surface area contributed by atoms with E-state index < -0.39 is 0 Å². The number of hydrogen-bond donors (Lipinski definition) is 0. The van der Waals surface area contributed by atoms with Crippen molar-refractivity contribution >= 4 is 41.2 Å². The minimum Gasteiger partial charge on any atom is -0.276 e. The van der Waals surface area contributed by atoms with Crippen LogP contribution in [-0.2, 0) is 0 Å². The molecular weight excluding hydrogens is 326 g/mol. The zero-order chi connectivity index (χ0) is 17.2. The van der Waals surface area contributed by atoms with Gasteiger partial charge in [-0.2, -0.15) is 0 Å². The zero-order valence-electron chi connectivity index (χ0n) is 13.8. The third-order valence-electron chi connectivity index (χ3n) is 4.34. The smallest absolute Gasteiger partial charge is 0.262 e. The average molecular weight is 343 g/mol. The number of hydrogen-bond acceptors (Lipinski definition) is 2. The molecule has 2 nitrogen and oxygen atoms in total. The molecule has 3 aromatic rings. The number of fused-ring (bicyclic) bond motifs is 2. The maximum atomic E-state index is 13.4. The number of para-hydroxylation sites is 2. The molecule has 0 saturated heterocycles. The Bertz CT molecular complexity index is 910. The van der Waals surface area contributed by atoms with Crippen molar-refractivity contribution in [3.63, 3.8) is 0 Å². The number of nitrogens with zero attached hydrogens (tertiary/aromatic N) is 1. The molecule has 0 aromatic heterocycles. The molecular formula is C22H17NOS. The van der Waals surface area contributed by atoms with Gasteiger partial charge in [0, 0.05) is 10.5 Å². The molecule has 0 radical (unpaired) electrons. The van der Waals surface area contributed by atoms with Crippen molar-refractivity contribution in [3.8, 4) is 0 Å². The Balaban J connectivity index is 1.87. The predicted octanol–water partition coefficient (Wildman–Crippen LogP) is 5.87. The lowest BCUT2D eigenvalue weighted by atomic mass is 10.1. The second-order valence-electron chi connectivity index (χ2n) is 5.82. The number of benzene rings is 3. The van der Waals surface area contributed by atoms with Gasteiger partial charge in [-0.15, -0.1) is 11.8 Å². The lowest BCUT2D eigenvalue weighted by molar-refractivity contribution is 0.0999. The molecule has 1 aliphatic rings. The number of rotatable bonds is 2. The van der Waals surface area contributed by atoms with Crippen LogP contribution < -0.4 is 4.90 Å². The first kappa shape index (κ1) is 15.7. The molecule has 0 atom stereocenters. The number of thioether (sulfide) groups is 1. The fourth-order valence-corrected chi connectivity index (χ4v) is 3.46. The van der Waals surface area contributed by atoms with E-state index in [9.17, 15) is 4.79 Å². The van der Waals surface area contributed by atoms with Crippen molar-refractivity contribution < 1.29 is 4.79 Å². The molecule has 0 saturated carbocycles. The molecule has 0 aliphatic carbocycles. The summed E-state index contributed by atoms with van der Waals surface area (Å²) in [6.45, 7) is 0. The fraction of sp³-hybridized carbons (Fsp3) is 0.0455. The van der Waals surface area contributed by atoms with Crippen LogP contribution in [0.5, 0.6) is 0 Å². The normalized spacial score (nSPS) is 12.3. The summed E-state index contributed by atoms with van der Waals surface area (Å²) < 4.78 is 0. The molecule has 0 unspecified atom stereocenters. The van der Waals surface area contributed by atoms with Crippen molar-refractivity contribution in [1.29, 1.82) is 0 Å². The highest BCUT2D eigenvalue weighted by Gasteiger charge is 2.24. The van der Waals surface area contributed by atoms with Crippen LogP contribution in [0.15, 0.2) is 77.7 Å². The fourth-order valence-electron chi connectivity index (χ4n) is 3.06. The van der Waals surface area contributed by atoms with E-state index in [1.54, 1.807) is 11.8 Å². The number of carbonyl (C=O) groups is 1. The van der Waals surface area contributed by atoms with Crippen molar-refractivity contribution in [2.75, 3.05) is 11.2 Å². The third kappa shape index (κ3) is 2.87. The highest BCUT2D eigenvalue weighted by atomic mass is 32.2. The van der Waals surface area contributed by atoms with Gasteiger partial charge in [0.1, 0.15) is 0 Å². The van der Waals surface area contributed by atoms with Gasteiger partial charge in [0.15, 0.2) is 0 Å². The average Bonchev–Trinajstić information content (AvgIpc) is 2.84. The van der Waals surface area contributed by atoms with E-state index in [-0.39, 0.29) is 5.91 Å². The third-order valence-corrected chi connectivity index (χ3v) is 5.08. The lowest BCUT2D eigenvalue weighted by Gasteiger charge is -2.25. The molecule has 122 valence electrons. The van der Waals surface area contributed by atoms with Crippen molar-refractivity contribution in [1.82, 2.24) is 0 Å². The maximum Gasteiger partial charge on any atom is 0.262 e. The van der Waals surface area contributed by atoms with Crippen LogP contribution in [0.1, 0.15) is 21.5 Å². The standard InChI is InChI=1S/C22H17NOS/c1-25-19-14-12-18(13-15-19)22(24)23-20-8-4-2-6-16(20)10-11-17-7-3-5-9-21(17)23/h2-15H,1H3. The first-order valence-electron chi connectivity index (χ1n) is 8.12. The monoisotopic (exact) mass is 343 g/mol. The van der Waals surface area contributed by atoms with Crippen LogP contribution in [0.2, 0.25) is 0 Å². The summed E-state index contributed by atoms with van der Waals surface area (Å²) in [6.07, 6.45) is 6.17. The van der Waals surface area contributed by atoms with Crippen LogP contribution in [0.4, 0.5) is 11.4 Å². The van der Waals surface area contributed by atoms with Crippen LogP contribution in [-0.4, -0.2) is 12.2 Å². The van der Waals surface area contributed by atoms with Crippen molar-refractivity contribution in [2.24, 2.45) is 0 Å². The summed E-state index contributed by atoms with van der Waals surface area (Å²) in [6, 6.07) is 23.8. The molecule has 3 aromatic carbocycles. The summed E-state index contributed by atoms with van der Waals surface area (Å²) in [7, 11) is 0. The van der Waals surface area contributed by atoms with Gasteiger partial charge in [-0.25, -0.2) is 0 Å². The van der Waals surface area contributed by atoms with Gasteiger partial charge in [-0.05, 0) is 53.8 Å². The van der Waals surface area contributed by atoms with E-state index in [0.29, 0.717) is 5.56 Å². The SMILES string of the molecule is CSc1ccc(C(=O)N2c3ccccc3C=Cc3ccccc32)cc1. The van der Waals surface area contributed by atoms with Crippen LogP contribution in [0.25, 0.3) is 12.2 Å². The molecule has 0 fully saturated rings. The van der Waals surface area contributed by atoms with Gasteiger partial charge in [-0.3, -0.25) is 9.69 Å². The Labute approximate surface area is 151 Å². The second-order valence-corrected chi connectivity index (χ2v) is 6.70. The Kier molecular flexibility index (Phi) is 4.16. The van der Waals surface area contributed by atoms with E-state index in [1.807, 2.05) is 84.0 Å². The Hall–Kier alpha value is -2.78. The van der Waals surface area contributed by atoms with Crippen LogP contribution >= 0.6 is 11.8 Å². The van der Waals surface area contributed by atoms with Gasteiger partial charge in [0.2, 0.25) is 0 Å². The first-order chi connectivity index (χ1) is 12.3. The minimum absolute atomic E-state index is 0.0174. The lowest BCUT2D eigenvalue weighted by Crippen LogP contribution is -2.26. The van der Waals surface area contributed by atoms with E-state index >= 15 is 0 Å². The van der Waals surface area contributed by atoms with Gasteiger partial charge in [-0.1, -0.05) is 48.6 Å². The number of carbonyl (C=O) groups excluding carboxylic acids is 1. The topological polar surface area (TPSA) is 20.3 Å². The van der Waals surface area contributed by atoms with Crippen LogP contribution in [0.3, 0.4) is 0 Å². The molecule has 3 heteroatoms. The van der Waals surface area contributed by atoms with E-state index in [4.69, 9.17) is 0 Å². The van der Waals surface area contributed by atoms with Crippen molar-refractivity contribution in [2.45, 2.75) is 4.90 Å². The van der Waals surface area contributed by atoms with Crippen molar-refractivity contribution in [3.05, 3.63) is 89.5 Å². The largest absolute Gasteiger partial charge is 0.276 e. The molecule has 1 heterocycles. The quantitative estimate of drug-likeness (QED) is 0.542. The molecule has 4 rings (SSSR count). The van der Waals surface area contributed by atoms with Crippen LogP contribution in [0, 0.1) is 0 Å². The summed E-state index contributed by atoms with van der Waals surface area (Å²) >= 11 is 1.67. The molecule has 0 bridgehead atoms. The van der Waals surface area contributed by atoms with Gasteiger partial charge < -0.3 is 0 Å². The van der Waals surface area contributed by atoms with Gasteiger partial charge in [0.25, 0.3) is 5.91 Å². The molecule has 25 heavy (non-hydrogen) atoms. The second kappa shape index (κ2) is 6.61. The summed E-state index contributed by atoms with van der Waals surface area (Å²) in [5, 5.41) is 0. The highest BCUT2D eigenvalue weighted by molar-refractivity contribution is 7.98. The summed E-state index contributed by atoms with van der Waals surface area (Å²) in [5.74, 6) is -0.0174. The molecule has 0 N–H and O–H groups in total. The number of amides is 1. The van der Waals surface area contributed by atoms with Gasteiger partial charge >= 0.3 is 0 Å². The Morgan fingerprint density at radius 2 is 1.28 bits per heavy atom. The van der Waals surface area contributed by atoms with Gasteiger partial charge in [0.05, 0.1) is 11.4 Å².